The van der Waals surface area contributed by atoms with E-state index >= 15 is 0 Å². The summed E-state index contributed by atoms with van der Waals surface area (Å²) in [5, 5.41) is 3.20. The summed E-state index contributed by atoms with van der Waals surface area (Å²) in [6.45, 7) is 4.42. The van der Waals surface area contributed by atoms with E-state index in [1.165, 1.54) is 12.1 Å². The zero-order chi connectivity index (χ0) is 20.9. The Kier molecular flexibility index (Phi) is 6.33. The van der Waals surface area contributed by atoms with Crippen LogP contribution in [-0.2, 0) is 10.0 Å². The molecule has 0 saturated heterocycles. The molecule has 0 unspecified atom stereocenters. The maximum absolute atomic E-state index is 13.5. The second-order valence-electron chi connectivity index (χ2n) is 6.56. The van der Waals surface area contributed by atoms with Crippen molar-refractivity contribution in [3.63, 3.8) is 0 Å². The fourth-order valence-electron chi connectivity index (χ4n) is 2.80. The summed E-state index contributed by atoms with van der Waals surface area (Å²) in [5.41, 5.74) is 2.58. The molecule has 29 heavy (non-hydrogen) atoms. The Bertz CT molecular complexity index is 1090. The number of halogens is 1. The monoisotopic (exact) mass is 415 g/mol. The number of rotatable bonds is 8. The number of sulfonamides is 1. The third kappa shape index (κ3) is 5.68. The average Bonchev–Trinajstić information content (AvgIpc) is 2.67. The van der Waals surface area contributed by atoms with Crippen LogP contribution in [0.5, 0.6) is 5.75 Å². The van der Waals surface area contributed by atoms with E-state index in [0.717, 1.165) is 17.3 Å². The van der Waals surface area contributed by atoms with Gasteiger partial charge in [-0.05, 0) is 61.4 Å². The number of nitrogens with zero attached hydrogens (tertiary/aromatic N) is 1. The molecule has 3 rings (SSSR count). The Balaban J connectivity index is 1.67. The summed E-state index contributed by atoms with van der Waals surface area (Å²) < 4.78 is 47.1. The summed E-state index contributed by atoms with van der Waals surface area (Å²) in [7, 11) is -3.93. The molecule has 0 aliphatic heterocycles. The van der Waals surface area contributed by atoms with Crippen LogP contribution in [0, 0.1) is 19.7 Å². The quantitative estimate of drug-likeness (QED) is 0.541. The molecule has 6 nitrogen and oxygen atoms in total. The third-order valence-electron chi connectivity index (χ3n) is 4.12. The van der Waals surface area contributed by atoms with Crippen molar-refractivity contribution in [2.24, 2.45) is 0 Å². The Labute approximate surface area is 169 Å². The number of anilines is 2. The van der Waals surface area contributed by atoms with Gasteiger partial charge in [-0.1, -0.05) is 6.07 Å². The molecule has 1 aromatic heterocycles. The van der Waals surface area contributed by atoms with Gasteiger partial charge in [0, 0.05) is 30.7 Å². The lowest BCUT2D eigenvalue weighted by Crippen LogP contribution is -2.15. The van der Waals surface area contributed by atoms with Crippen molar-refractivity contribution >= 4 is 21.4 Å². The topological polar surface area (TPSA) is 80.3 Å². The van der Waals surface area contributed by atoms with Gasteiger partial charge in [0.2, 0.25) is 0 Å². The molecule has 3 aromatic rings. The summed E-state index contributed by atoms with van der Waals surface area (Å²) in [6, 6.07) is 12.5. The summed E-state index contributed by atoms with van der Waals surface area (Å²) in [5.74, 6) is -0.0684. The van der Waals surface area contributed by atoms with Crippen LogP contribution < -0.4 is 14.8 Å². The SMILES string of the molecule is Cc1cc(NS(=O)(=O)c2cc(F)ccc2C)cc(OCCNc2ccncc2)c1. The maximum Gasteiger partial charge on any atom is 0.262 e. The fraction of sp³-hybridized carbons (Fsp3) is 0.190. The van der Waals surface area contributed by atoms with Crippen LogP contribution >= 0.6 is 0 Å². The normalized spacial score (nSPS) is 11.1. The largest absolute Gasteiger partial charge is 0.492 e. The van der Waals surface area contributed by atoms with E-state index in [9.17, 15) is 12.8 Å². The average molecular weight is 415 g/mol. The number of benzene rings is 2. The van der Waals surface area contributed by atoms with Gasteiger partial charge in [-0.15, -0.1) is 0 Å². The number of aryl methyl sites for hydroxylation is 2. The van der Waals surface area contributed by atoms with Gasteiger partial charge in [-0.3, -0.25) is 9.71 Å². The second-order valence-corrected chi connectivity index (χ2v) is 8.21. The van der Waals surface area contributed by atoms with Gasteiger partial charge in [-0.2, -0.15) is 0 Å². The fourth-order valence-corrected chi connectivity index (χ4v) is 4.10. The van der Waals surface area contributed by atoms with Gasteiger partial charge in [0.25, 0.3) is 10.0 Å². The van der Waals surface area contributed by atoms with Crippen molar-refractivity contribution in [2.45, 2.75) is 18.7 Å². The predicted molar refractivity (Wildman–Crippen MR) is 111 cm³/mol. The van der Waals surface area contributed by atoms with Gasteiger partial charge >= 0.3 is 0 Å². The molecule has 2 aromatic carbocycles. The van der Waals surface area contributed by atoms with Gasteiger partial charge in [0.05, 0.1) is 10.6 Å². The molecular formula is C21H22FN3O3S. The second kappa shape index (κ2) is 8.91. The first-order valence-electron chi connectivity index (χ1n) is 9.01. The van der Waals surface area contributed by atoms with Gasteiger partial charge < -0.3 is 10.1 Å². The van der Waals surface area contributed by atoms with E-state index in [-0.39, 0.29) is 4.90 Å². The number of pyridine rings is 1. The zero-order valence-electron chi connectivity index (χ0n) is 16.1. The summed E-state index contributed by atoms with van der Waals surface area (Å²) in [6.07, 6.45) is 3.39. The number of nitrogens with one attached hydrogen (secondary N) is 2. The minimum Gasteiger partial charge on any atom is -0.492 e. The summed E-state index contributed by atoms with van der Waals surface area (Å²) >= 11 is 0. The van der Waals surface area contributed by atoms with Gasteiger partial charge in [0.15, 0.2) is 0 Å². The van der Waals surface area contributed by atoms with Crippen molar-refractivity contribution < 1.29 is 17.5 Å². The standard InChI is InChI=1S/C21H22FN3O3S/c1-15-11-19(25-29(26,27)21-13-17(22)4-3-16(21)2)14-20(12-15)28-10-9-24-18-5-7-23-8-6-18/h3-8,11-14,25H,9-10H2,1-2H3,(H,23,24). The highest BCUT2D eigenvalue weighted by Crippen LogP contribution is 2.25. The van der Waals surface area contributed by atoms with Crippen molar-refractivity contribution in [1.82, 2.24) is 4.98 Å². The number of aromatic nitrogens is 1. The van der Waals surface area contributed by atoms with Crippen molar-refractivity contribution in [3.05, 3.63) is 77.9 Å². The Morgan fingerprint density at radius 2 is 1.76 bits per heavy atom. The number of hydrogen-bond donors (Lipinski definition) is 2. The van der Waals surface area contributed by atoms with Crippen molar-refractivity contribution in [3.8, 4) is 5.75 Å². The first-order chi connectivity index (χ1) is 13.8. The lowest BCUT2D eigenvalue weighted by molar-refractivity contribution is 0.333. The first kappa shape index (κ1) is 20.6. The number of ether oxygens (including phenoxy) is 1. The molecule has 0 saturated carbocycles. The molecule has 0 aliphatic rings. The van der Waals surface area contributed by atoms with Gasteiger partial charge in [-0.25, -0.2) is 12.8 Å². The maximum atomic E-state index is 13.5. The van der Waals surface area contributed by atoms with Crippen LogP contribution in [0.4, 0.5) is 15.8 Å². The minimum absolute atomic E-state index is 0.0944. The van der Waals surface area contributed by atoms with Crippen LogP contribution in [0.3, 0.4) is 0 Å². The van der Waals surface area contributed by atoms with Crippen LogP contribution in [-0.4, -0.2) is 26.6 Å². The first-order valence-corrected chi connectivity index (χ1v) is 10.5. The molecule has 0 spiro atoms. The summed E-state index contributed by atoms with van der Waals surface area (Å²) in [4.78, 5) is 3.86. The molecule has 0 radical (unpaired) electrons. The zero-order valence-corrected chi connectivity index (χ0v) is 17.0. The number of hydrogen-bond acceptors (Lipinski definition) is 5. The predicted octanol–water partition coefficient (Wildman–Crippen LogP) is 4.13. The smallest absolute Gasteiger partial charge is 0.262 e. The molecule has 0 aliphatic carbocycles. The molecule has 152 valence electrons. The molecular weight excluding hydrogens is 393 g/mol. The van der Waals surface area contributed by atoms with Gasteiger partial charge in [0.1, 0.15) is 18.2 Å². The highest BCUT2D eigenvalue weighted by atomic mass is 32.2. The molecule has 8 heteroatoms. The Morgan fingerprint density at radius 1 is 1.00 bits per heavy atom. The van der Waals surface area contributed by atoms with Crippen molar-refractivity contribution in [2.75, 3.05) is 23.2 Å². The minimum atomic E-state index is -3.93. The lowest BCUT2D eigenvalue weighted by Gasteiger charge is -2.13. The molecule has 2 N–H and O–H groups in total. The van der Waals surface area contributed by atoms with Crippen LogP contribution in [0.15, 0.2) is 65.8 Å². The van der Waals surface area contributed by atoms with E-state index in [4.69, 9.17) is 4.74 Å². The lowest BCUT2D eigenvalue weighted by atomic mass is 10.2. The van der Waals surface area contributed by atoms with E-state index in [2.05, 4.69) is 15.0 Å². The highest BCUT2D eigenvalue weighted by molar-refractivity contribution is 7.92. The van der Waals surface area contributed by atoms with Crippen LogP contribution in [0.2, 0.25) is 0 Å². The third-order valence-corrected chi connectivity index (χ3v) is 5.65. The molecule has 0 bridgehead atoms. The van der Waals surface area contributed by atoms with E-state index in [1.54, 1.807) is 31.5 Å². The van der Waals surface area contributed by atoms with E-state index < -0.39 is 15.8 Å². The molecule has 0 atom stereocenters. The molecule has 0 amide bonds. The highest BCUT2D eigenvalue weighted by Gasteiger charge is 2.18. The molecule has 1 heterocycles. The Hall–Kier alpha value is -3.13. The molecule has 0 fully saturated rings. The van der Waals surface area contributed by atoms with Crippen molar-refractivity contribution in [1.29, 1.82) is 0 Å². The Morgan fingerprint density at radius 3 is 2.52 bits per heavy atom. The van der Waals surface area contributed by atoms with E-state index in [1.807, 2.05) is 25.1 Å². The van der Waals surface area contributed by atoms with Crippen LogP contribution in [0.25, 0.3) is 0 Å². The van der Waals surface area contributed by atoms with E-state index in [0.29, 0.717) is 30.2 Å². The van der Waals surface area contributed by atoms with Crippen LogP contribution in [0.1, 0.15) is 11.1 Å².